The fourth-order valence-electron chi connectivity index (χ4n) is 5.50. The Morgan fingerprint density at radius 3 is 2.59 bits per heavy atom. The van der Waals surface area contributed by atoms with E-state index in [1.54, 1.807) is 4.90 Å². The highest BCUT2D eigenvalue weighted by atomic mass is 16.7. The molecule has 5 atom stereocenters. The molecule has 154 valence electrons. The van der Waals surface area contributed by atoms with Gasteiger partial charge < -0.3 is 10.2 Å². The number of urea groups is 1. The quantitative estimate of drug-likeness (QED) is 0.764. The normalized spacial score (nSPS) is 32.3. The number of rotatable bonds is 7. The number of fused-ring (bicyclic) bond motifs is 3. The zero-order chi connectivity index (χ0) is 20.0. The predicted octanol–water partition coefficient (Wildman–Crippen LogP) is 2.12. The molecule has 1 aromatic rings. The average Bonchev–Trinajstić information content (AvgIpc) is 3.12. The summed E-state index contributed by atoms with van der Waals surface area (Å²) in [6.07, 6.45) is 4.85. The van der Waals surface area contributed by atoms with E-state index in [2.05, 4.69) is 5.32 Å². The molecule has 5 rings (SSSR count). The van der Waals surface area contributed by atoms with Crippen LogP contribution in [-0.4, -0.2) is 52.9 Å². The summed E-state index contributed by atoms with van der Waals surface area (Å²) in [5.74, 6) is 1.22. The van der Waals surface area contributed by atoms with E-state index in [0.29, 0.717) is 31.4 Å². The van der Waals surface area contributed by atoms with E-state index in [4.69, 9.17) is 4.84 Å². The van der Waals surface area contributed by atoms with Gasteiger partial charge in [-0.2, -0.15) is 5.06 Å². The van der Waals surface area contributed by atoms with Crippen molar-refractivity contribution in [2.45, 2.75) is 50.8 Å². The van der Waals surface area contributed by atoms with E-state index in [0.717, 1.165) is 24.8 Å². The van der Waals surface area contributed by atoms with Gasteiger partial charge in [-0.15, -0.1) is 0 Å². The number of hydroxylamine groups is 2. The summed E-state index contributed by atoms with van der Waals surface area (Å²) < 4.78 is 0. The summed E-state index contributed by atoms with van der Waals surface area (Å²) in [5.41, 5.74) is 0.995. The molecule has 7 heteroatoms. The number of nitrogens with one attached hydrogen (secondary N) is 1. The Morgan fingerprint density at radius 1 is 1.07 bits per heavy atom. The van der Waals surface area contributed by atoms with Crippen molar-refractivity contribution >= 4 is 17.7 Å². The number of carbonyl (C=O) groups is 3. The zero-order valence-corrected chi connectivity index (χ0v) is 16.5. The Labute approximate surface area is 170 Å². The summed E-state index contributed by atoms with van der Waals surface area (Å²) in [4.78, 5) is 45.2. The summed E-state index contributed by atoms with van der Waals surface area (Å²) in [6, 6.07) is 8.91. The van der Waals surface area contributed by atoms with Crippen LogP contribution in [0.1, 0.15) is 37.7 Å². The second-order valence-corrected chi connectivity index (χ2v) is 8.74. The van der Waals surface area contributed by atoms with Crippen LogP contribution in [0.15, 0.2) is 30.3 Å². The highest BCUT2D eigenvalue weighted by Crippen LogP contribution is 2.57. The van der Waals surface area contributed by atoms with E-state index in [1.807, 2.05) is 30.3 Å². The van der Waals surface area contributed by atoms with Gasteiger partial charge in [0.05, 0.1) is 12.6 Å². The first-order valence-corrected chi connectivity index (χ1v) is 10.7. The highest BCUT2D eigenvalue weighted by Gasteiger charge is 2.56. The number of hydrogen-bond donors (Lipinski definition) is 1. The SMILES string of the molecule is O=C(CNC(=O)[C@@H]1CC[C@@H]2CN1C(=O)N2OCc1ccccc1)C1[C@H]2CCC[C@@H]12. The summed E-state index contributed by atoms with van der Waals surface area (Å²) >= 11 is 0. The van der Waals surface area contributed by atoms with Crippen LogP contribution in [0.3, 0.4) is 0 Å². The summed E-state index contributed by atoms with van der Waals surface area (Å²) in [5, 5.41) is 4.22. The molecule has 2 saturated carbocycles. The fraction of sp³-hybridized carbons (Fsp3) is 0.591. The molecule has 2 saturated heterocycles. The van der Waals surface area contributed by atoms with Gasteiger partial charge in [0.1, 0.15) is 12.6 Å². The molecule has 2 aliphatic carbocycles. The fourth-order valence-corrected chi connectivity index (χ4v) is 5.50. The largest absolute Gasteiger partial charge is 0.347 e. The van der Waals surface area contributed by atoms with Gasteiger partial charge in [-0.3, -0.25) is 14.4 Å². The number of nitrogens with zero attached hydrogens (tertiary/aromatic N) is 2. The number of carbonyl (C=O) groups excluding carboxylic acids is 3. The predicted molar refractivity (Wildman–Crippen MR) is 104 cm³/mol. The maximum Gasteiger partial charge on any atom is 0.345 e. The number of benzene rings is 1. The summed E-state index contributed by atoms with van der Waals surface area (Å²) in [6.45, 7) is 0.908. The molecule has 1 unspecified atom stereocenters. The second-order valence-electron chi connectivity index (χ2n) is 8.74. The second kappa shape index (κ2) is 7.44. The lowest BCUT2D eigenvalue weighted by atomic mass is 10.00. The topological polar surface area (TPSA) is 79.0 Å². The van der Waals surface area contributed by atoms with E-state index in [1.165, 1.54) is 11.5 Å². The third kappa shape index (κ3) is 3.41. The first-order valence-electron chi connectivity index (χ1n) is 10.7. The zero-order valence-electron chi connectivity index (χ0n) is 16.5. The highest BCUT2D eigenvalue weighted by molar-refractivity contribution is 5.93. The molecule has 0 aromatic heterocycles. The van der Waals surface area contributed by atoms with Gasteiger partial charge in [0.25, 0.3) is 0 Å². The number of hydrogen-bond acceptors (Lipinski definition) is 4. The smallest absolute Gasteiger partial charge is 0.345 e. The van der Waals surface area contributed by atoms with Crippen molar-refractivity contribution < 1.29 is 19.2 Å². The van der Waals surface area contributed by atoms with Crippen LogP contribution in [0.5, 0.6) is 0 Å². The van der Waals surface area contributed by atoms with Crippen LogP contribution in [-0.2, 0) is 21.0 Å². The van der Waals surface area contributed by atoms with E-state index in [-0.39, 0.29) is 36.2 Å². The van der Waals surface area contributed by atoms with E-state index < -0.39 is 6.04 Å². The standard InChI is InChI=1S/C22H27N3O4/c26-19(20-16-7-4-8-17(16)20)11-23-21(27)18-10-9-15-12-24(18)22(28)25(15)29-13-14-5-2-1-3-6-14/h1-3,5-6,15-18,20H,4,7-13H2,(H,23,27)/t15-,16-,17+,18+,20?/m1/s1. The Balaban J connectivity index is 1.14. The van der Waals surface area contributed by atoms with Gasteiger partial charge in [-0.25, -0.2) is 4.79 Å². The molecule has 2 aliphatic heterocycles. The van der Waals surface area contributed by atoms with E-state index in [9.17, 15) is 14.4 Å². The first kappa shape index (κ1) is 18.6. The van der Waals surface area contributed by atoms with Gasteiger partial charge in [-0.1, -0.05) is 36.8 Å². The Hall–Kier alpha value is -2.41. The lowest BCUT2D eigenvalue weighted by Crippen LogP contribution is -2.50. The Morgan fingerprint density at radius 2 is 1.83 bits per heavy atom. The molecule has 1 aromatic carbocycles. The van der Waals surface area contributed by atoms with Gasteiger partial charge in [0.15, 0.2) is 5.78 Å². The van der Waals surface area contributed by atoms with Crippen molar-refractivity contribution in [3.05, 3.63) is 35.9 Å². The minimum Gasteiger partial charge on any atom is -0.347 e. The third-order valence-corrected chi connectivity index (χ3v) is 7.05. The van der Waals surface area contributed by atoms with Crippen LogP contribution in [0, 0.1) is 17.8 Å². The maximum atomic E-state index is 12.8. The molecule has 4 aliphatic rings. The van der Waals surface area contributed by atoms with Crippen molar-refractivity contribution in [3.63, 3.8) is 0 Å². The molecule has 7 nitrogen and oxygen atoms in total. The molecule has 3 amide bonds. The lowest BCUT2D eigenvalue weighted by Gasteiger charge is -2.29. The minimum atomic E-state index is -0.518. The molecule has 1 N–H and O–H groups in total. The number of ketones is 1. The van der Waals surface area contributed by atoms with Crippen molar-refractivity contribution in [2.24, 2.45) is 17.8 Å². The molecular weight excluding hydrogens is 370 g/mol. The van der Waals surface area contributed by atoms with Gasteiger partial charge in [-0.05, 0) is 43.1 Å². The lowest BCUT2D eigenvalue weighted by molar-refractivity contribution is -0.140. The van der Waals surface area contributed by atoms with Crippen LogP contribution in [0.25, 0.3) is 0 Å². The Bertz CT molecular complexity index is 804. The number of piperidine rings is 1. The average molecular weight is 397 g/mol. The Kier molecular flexibility index (Phi) is 4.78. The van der Waals surface area contributed by atoms with Crippen LogP contribution in [0.2, 0.25) is 0 Å². The van der Waals surface area contributed by atoms with Gasteiger partial charge >= 0.3 is 6.03 Å². The molecule has 0 spiro atoms. The van der Waals surface area contributed by atoms with Crippen molar-refractivity contribution in [1.29, 1.82) is 0 Å². The molecular formula is C22H27N3O4. The molecule has 2 bridgehead atoms. The first-order chi connectivity index (χ1) is 14.1. The van der Waals surface area contributed by atoms with Crippen molar-refractivity contribution in [1.82, 2.24) is 15.3 Å². The number of Topliss-reactive ketones (excluding diaryl/α,β-unsaturated/α-hetero) is 1. The minimum absolute atomic E-state index is 0.0252. The van der Waals surface area contributed by atoms with E-state index >= 15 is 0 Å². The van der Waals surface area contributed by atoms with Crippen molar-refractivity contribution in [3.8, 4) is 0 Å². The maximum absolute atomic E-state index is 12.8. The summed E-state index contributed by atoms with van der Waals surface area (Å²) in [7, 11) is 0. The molecule has 0 radical (unpaired) electrons. The van der Waals surface area contributed by atoms with Crippen LogP contribution < -0.4 is 5.32 Å². The van der Waals surface area contributed by atoms with Gasteiger partial charge in [0, 0.05) is 12.5 Å². The van der Waals surface area contributed by atoms with Crippen LogP contribution >= 0.6 is 0 Å². The van der Waals surface area contributed by atoms with Crippen molar-refractivity contribution in [2.75, 3.05) is 13.1 Å². The monoisotopic (exact) mass is 397 g/mol. The molecule has 29 heavy (non-hydrogen) atoms. The third-order valence-electron chi connectivity index (χ3n) is 7.05. The molecule has 2 heterocycles. The van der Waals surface area contributed by atoms with Crippen LogP contribution in [0.4, 0.5) is 4.79 Å². The number of amides is 3. The molecule has 4 fully saturated rings. The van der Waals surface area contributed by atoms with Gasteiger partial charge in [0.2, 0.25) is 5.91 Å².